The fourth-order valence-corrected chi connectivity index (χ4v) is 4.16. The summed E-state index contributed by atoms with van der Waals surface area (Å²) in [7, 11) is 0. The molecule has 2 saturated heterocycles. The van der Waals surface area contributed by atoms with E-state index in [-0.39, 0.29) is 29.7 Å². The van der Waals surface area contributed by atoms with E-state index in [1.165, 1.54) is 17.0 Å². The number of aliphatic hydroxyl groups is 1. The van der Waals surface area contributed by atoms with Gasteiger partial charge in [0.1, 0.15) is 11.5 Å². The number of amides is 1. The molecule has 0 spiro atoms. The number of hydrogen-bond acceptors (Lipinski definition) is 5. The van der Waals surface area contributed by atoms with Gasteiger partial charge in [-0.05, 0) is 61.6 Å². The number of likely N-dealkylation sites (tertiary alicyclic amines) is 1. The van der Waals surface area contributed by atoms with Crippen LogP contribution >= 0.6 is 0 Å². The number of rotatable bonds is 4. The fraction of sp³-hybridized carbons (Fsp3) is 0.333. The largest absolute Gasteiger partial charge is 0.508 e. The maximum Gasteiger partial charge on any atom is 0.295 e. The maximum atomic E-state index is 13.0. The number of phenols is 1. The molecule has 2 heterocycles. The fourth-order valence-electron chi connectivity index (χ4n) is 4.16. The van der Waals surface area contributed by atoms with Gasteiger partial charge in [-0.1, -0.05) is 24.3 Å². The third-order valence-electron chi connectivity index (χ3n) is 5.93. The zero-order chi connectivity index (χ0) is 21.4. The highest BCUT2D eigenvalue weighted by molar-refractivity contribution is 6.46. The van der Waals surface area contributed by atoms with Gasteiger partial charge in [0.05, 0.1) is 17.7 Å². The van der Waals surface area contributed by atoms with Crippen LogP contribution in [0.3, 0.4) is 0 Å². The molecular formula is C24H25NO5. The predicted octanol–water partition coefficient (Wildman–Crippen LogP) is 3.61. The monoisotopic (exact) mass is 407 g/mol. The molecule has 6 heteroatoms. The second kappa shape index (κ2) is 7.95. The molecule has 0 bridgehead atoms. The Morgan fingerprint density at radius 3 is 2.60 bits per heavy atom. The zero-order valence-electron chi connectivity index (χ0n) is 17.1. The van der Waals surface area contributed by atoms with Gasteiger partial charge >= 0.3 is 0 Å². The number of benzene rings is 2. The second-order valence-corrected chi connectivity index (χ2v) is 7.98. The van der Waals surface area contributed by atoms with E-state index in [9.17, 15) is 19.8 Å². The van der Waals surface area contributed by atoms with Crippen molar-refractivity contribution in [1.82, 2.24) is 4.90 Å². The van der Waals surface area contributed by atoms with E-state index >= 15 is 0 Å². The lowest BCUT2D eigenvalue weighted by molar-refractivity contribution is -0.140. The molecule has 2 aliphatic rings. The van der Waals surface area contributed by atoms with Crippen molar-refractivity contribution in [1.29, 1.82) is 0 Å². The number of Topliss-reactive ketones (excluding diaryl/α,β-unsaturated/α-hetero) is 1. The van der Waals surface area contributed by atoms with Crippen molar-refractivity contribution in [3.63, 3.8) is 0 Å². The van der Waals surface area contributed by atoms with Crippen molar-refractivity contribution in [3.8, 4) is 5.75 Å². The number of carbonyl (C=O) groups excluding carboxylic acids is 2. The highest BCUT2D eigenvalue weighted by Crippen LogP contribution is 2.40. The van der Waals surface area contributed by atoms with Crippen molar-refractivity contribution in [2.75, 3.05) is 13.2 Å². The highest BCUT2D eigenvalue weighted by Gasteiger charge is 2.47. The SMILES string of the molecule is Cc1ccc(/C(O)=C2/C(=O)C(=O)N(CC3CCCO3)C2c2cccc(O)c2)cc1C. The average molecular weight is 407 g/mol. The van der Waals surface area contributed by atoms with E-state index < -0.39 is 17.7 Å². The van der Waals surface area contributed by atoms with Crippen LogP contribution in [0.4, 0.5) is 0 Å². The Balaban J connectivity index is 1.84. The molecule has 156 valence electrons. The molecule has 0 saturated carbocycles. The first-order valence-electron chi connectivity index (χ1n) is 10.1. The van der Waals surface area contributed by atoms with E-state index in [0.29, 0.717) is 17.7 Å². The number of hydrogen-bond donors (Lipinski definition) is 2. The van der Waals surface area contributed by atoms with Crippen LogP contribution < -0.4 is 0 Å². The van der Waals surface area contributed by atoms with Gasteiger partial charge in [-0.2, -0.15) is 0 Å². The van der Waals surface area contributed by atoms with E-state index in [1.807, 2.05) is 19.9 Å². The predicted molar refractivity (Wildman–Crippen MR) is 112 cm³/mol. The van der Waals surface area contributed by atoms with Crippen molar-refractivity contribution < 1.29 is 24.5 Å². The summed E-state index contributed by atoms with van der Waals surface area (Å²) in [6, 6.07) is 11.1. The Morgan fingerprint density at radius 1 is 1.13 bits per heavy atom. The molecule has 30 heavy (non-hydrogen) atoms. The van der Waals surface area contributed by atoms with Crippen LogP contribution in [0.1, 0.15) is 41.1 Å². The van der Waals surface area contributed by atoms with Crippen molar-refractivity contribution in [3.05, 3.63) is 70.3 Å². The third kappa shape index (κ3) is 3.59. The van der Waals surface area contributed by atoms with Crippen LogP contribution in [0.25, 0.3) is 5.76 Å². The summed E-state index contributed by atoms with van der Waals surface area (Å²) in [6.07, 6.45) is 1.57. The first-order chi connectivity index (χ1) is 14.4. The van der Waals surface area contributed by atoms with Crippen molar-refractivity contribution in [2.24, 2.45) is 0 Å². The summed E-state index contributed by atoms with van der Waals surface area (Å²) in [5, 5.41) is 21.1. The molecule has 2 atom stereocenters. The Labute approximate surface area is 175 Å². The molecule has 2 aromatic carbocycles. The van der Waals surface area contributed by atoms with Crippen LogP contribution in [0, 0.1) is 13.8 Å². The van der Waals surface area contributed by atoms with Crippen LogP contribution in [0.15, 0.2) is 48.0 Å². The first kappa shape index (κ1) is 20.2. The lowest BCUT2D eigenvalue weighted by atomic mass is 9.94. The third-order valence-corrected chi connectivity index (χ3v) is 5.93. The first-order valence-corrected chi connectivity index (χ1v) is 10.1. The van der Waals surface area contributed by atoms with Gasteiger partial charge in [-0.25, -0.2) is 0 Å². The van der Waals surface area contributed by atoms with Gasteiger partial charge in [0.2, 0.25) is 0 Å². The summed E-state index contributed by atoms with van der Waals surface area (Å²) in [4.78, 5) is 27.4. The number of ether oxygens (including phenoxy) is 1. The Kier molecular flexibility index (Phi) is 5.35. The molecule has 2 fully saturated rings. The van der Waals surface area contributed by atoms with Gasteiger partial charge < -0.3 is 19.8 Å². The van der Waals surface area contributed by atoms with E-state index in [4.69, 9.17) is 4.74 Å². The van der Waals surface area contributed by atoms with Crippen LogP contribution in [0.2, 0.25) is 0 Å². The number of aromatic hydroxyl groups is 1. The molecule has 0 radical (unpaired) electrons. The molecular weight excluding hydrogens is 382 g/mol. The Bertz CT molecular complexity index is 1040. The van der Waals surface area contributed by atoms with Crippen LogP contribution in [0.5, 0.6) is 5.75 Å². The number of ketones is 1. The van der Waals surface area contributed by atoms with E-state index in [2.05, 4.69) is 0 Å². The highest BCUT2D eigenvalue weighted by atomic mass is 16.5. The molecule has 4 rings (SSSR count). The van der Waals surface area contributed by atoms with Gasteiger partial charge in [0.25, 0.3) is 11.7 Å². The summed E-state index contributed by atoms with van der Waals surface area (Å²) in [5.74, 6) is -1.57. The van der Waals surface area contributed by atoms with Crippen molar-refractivity contribution >= 4 is 17.4 Å². The molecule has 1 amide bonds. The molecule has 6 nitrogen and oxygen atoms in total. The minimum absolute atomic E-state index is 0.0291. The Hall–Kier alpha value is -3.12. The molecule has 0 aromatic heterocycles. The average Bonchev–Trinajstić information content (AvgIpc) is 3.32. The van der Waals surface area contributed by atoms with Crippen LogP contribution in [-0.4, -0.2) is 46.1 Å². The minimum Gasteiger partial charge on any atom is -0.508 e. The maximum absolute atomic E-state index is 13.0. The van der Waals surface area contributed by atoms with Gasteiger partial charge in [-0.15, -0.1) is 0 Å². The van der Waals surface area contributed by atoms with Gasteiger partial charge in [-0.3, -0.25) is 9.59 Å². The summed E-state index contributed by atoms with van der Waals surface area (Å²) in [5.41, 5.74) is 3.12. The zero-order valence-corrected chi connectivity index (χ0v) is 17.1. The van der Waals surface area contributed by atoms with Crippen molar-refractivity contribution in [2.45, 2.75) is 38.8 Å². The topological polar surface area (TPSA) is 87.1 Å². The van der Waals surface area contributed by atoms with Gasteiger partial charge in [0, 0.05) is 18.7 Å². The number of carbonyl (C=O) groups is 2. The number of aryl methyl sites for hydroxylation is 2. The molecule has 2 aliphatic heterocycles. The summed E-state index contributed by atoms with van der Waals surface area (Å²) >= 11 is 0. The Morgan fingerprint density at radius 2 is 1.93 bits per heavy atom. The molecule has 2 unspecified atom stereocenters. The van der Waals surface area contributed by atoms with E-state index in [0.717, 1.165) is 24.0 Å². The summed E-state index contributed by atoms with van der Waals surface area (Å²) < 4.78 is 5.68. The quantitative estimate of drug-likeness (QED) is 0.459. The standard InChI is InChI=1S/C24H25NO5/c1-14-8-9-17(11-15(14)2)22(27)20-21(16-5-3-6-18(26)12-16)25(24(29)23(20)28)13-19-7-4-10-30-19/h3,5-6,8-9,11-12,19,21,26-27H,4,7,10,13H2,1-2H3/b22-20-. The second-order valence-electron chi connectivity index (χ2n) is 7.98. The van der Waals surface area contributed by atoms with Gasteiger partial charge in [0.15, 0.2) is 0 Å². The minimum atomic E-state index is -0.789. The lowest BCUT2D eigenvalue weighted by Gasteiger charge is -2.27. The number of aliphatic hydroxyl groups excluding tert-OH is 1. The normalized spacial score (nSPS) is 23.3. The number of nitrogens with zero attached hydrogens (tertiary/aromatic N) is 1. The smallest absolute Gasteiger partial charge is 0.295 e. The van der Waals surface area contributed by atoms with E-state index in [1.54, 1.807) is 24.3 Å². The molecule has 2 aromatic rings. The van der Waals surface area contributed by atoms with Crippen LogP contribution in [-0.2, 0) is 14.3 Å². The summed E-state index contributed by atoms with van der Waals surface area (Å²) in [6.45, 7) is 4.78. The lowest BCUT2D eigenvalue weighted by Crippen LogP contribution is -2.36. The molecule has 0 aliphatic carbocycles. The molecule has 2 N–H and O–H groups in total. The number of phenolic OH excluding ortho intramolecular Hbond substituents is 1.